The number of carbonyl (C=O) groups excluding carboxylic acids is 1. The van der Waals surface area contributed by atoms with Crippen molar-refractivity contribution in [2.24, 2.45) is 0 Å². The van der Waals surface area contributed by atoms with Gasteiger partial charge in [-0.1, -0.05) is 17.7 Å². The standard InChI is InChI=1S/C13H11ClN2O4/c1-18-11-7-10(14)15-13(16-11)20-9-5-3-4-8(6-9)12(17)19-2/h3-7H,1-2H3. The van der Waals surface area contributed by atoms with E-state index in [9.17, 15) is 4.79 Å². The van der Waals surface area contributed by atoms with Crippen LogP contribution >= 0.6 is 11.6 Å². The van der Waals surface area contributed by atoms with Gasteiger partial charge in [-0.15, -0.1) is 0 Å². The third-order valence-electron chi connectivity index (χ3n) is 2.32. The highest BCUT2D eigenvalue weighted by atomic mass is 35.5. The van der Waals surface area contributed by atoms with Crippen LogP contribution in [0.25, 0.3) is 0 Å². The number of aromatic nitrogens is 2. The first-order valence-electron chi connectivity index (χ1n) is 5.57. The van der Waals surface area contributed by atoms with Crippen LogP contribution in [0.3, 0.4) is 0 Å². The molecule has 104 valence electrons. The highest BCUT2D eigenvalue weighted by Gasteiger charge is 2.09. The molecule has 0 amide bonds. The maximum Gasteiger partial charge on any atom is 0.337 e. The van der Waals surface area contributed by atoms with Crippen LogP contribution in [0.4, 0.5) is 0 Å². The molecule has 0 atom stereocenters. The Kier molecular flexibility index (Phi) is 4.37. The molecule has 0 spiro atoms. The number of rotatable bonds is 4. The highest BCUT2D eigenvalue weighted by Crippen LogP contribution is 2.23. The molecular formula is C13H11ClN2O4. The van der Waals surface area contributed by atoms with E-state index in [-0.39, 0.29) is 17.0 Å². The van der Waals surface area contributed by atoms with Gasteiger partial charge in [-0.25, -0.2) is 4.79 Å². The van der Waals surface area contributed by atoms with Crippen LogP contribution in [0.15, 0.2) is 30.3 Å². The van der Waals surface area contributed by atoms with Gasteiger partial charge in [0.25, 0.3) is 0 Å². The second kappa shape index (κ2) is 6.21. The van der Waals surface area contributed by atoms with E-state index in [1.54, 1.807) is 18.2 Å². The Hall–Kier alpha value is -2.34. The number of methoxy groups -OCH3 is 2. The van der Waals surface area contributed by atoms with Gasteiger partial charge in [-0.05, 0) is 18.2 Å². The third-order valence-corrected chi connectivity index (χ3v) is 2.52. The first-order chi connectivity index (χ1) is 9.62. The molecule has 6 nitrogen and oxygen atoms in total. The Bertz CT molecular complexity index is 634. The van der Waals surface area contributed by atoms with E-state index in [1.807, 2.05) is 0 Å². The zero-order valence-corrected chi connectivity index (χ0v) is 11.5. The molecule has 0 unspecified atom stereocenters. The highest BCUT2D eigenvalue weighted by molar-refractivity contribution is 6.29. The number of halogens is 1. The number of carbonyl (C=O) groups is 1. The van der Waals surface area contributed by atoms with Crippen molar-refractivity contribution in [1.82, 2.24) is 9.97 Å². The van der Waals surface area contributed by atoms with Gasteiger partial charge < -0.3 is 14.2 Å². The molecule has 0 fully saturated rings. The van der Waals surface area contributed by atoms with Crippen molar-refractivity contribution in [2.75, 3.05) is 14.2 Å². The van der Waals surface area contributed by atoms with Gasteiger partial charge >= 0.3 is 12.0 Å². The van der Waals surface area contributed by atoms with Crippen LogP contribution in [-0.2, 0) is 4.74 Å². The van der Waals surface area contributed by atoms with Crippen molar-refractivity contribution in [3.05, 3.63) is 41.0 Å². The molecule has 20 heavy (non-hydrogen) atoms. The lowest BCUT2D eigenvalue weighted by Gasteiger charge is -2.07. The summed E-state index contributed by atoms with van der Waals surface area (Å²) in [7, 11) is 2.77. The van der Waals surface area contributed by atoms with E-state index in [0.717, 1.165) is 0 Å². The normalized spacial score (nSPS) is 9.95. The van der Waals surface area contributed by atoms with Gasteiger partial charge in [0.2, 0.25) is 5.88 Å². The first-order valence-corrected chi connectivity index (χ1v) is 5.95. The molecule has 2 aromatic rings. The quantitative estimate of drug-likeness (QED) is 0.638. The molecule has 0 radical (unpaired) electrons. The summed E-state index contributed by atoms with van der Waals surface area (Å²) in [6.07, 6.45) is 0. The number of hydrogen-bond acceptors (Lipinski definition) is 6. The summed E-state index contributed by atoms with van der Waals surface area (Å²) >= 11 is 5.81. The predicted molar refractivity (Wildman–Crippen MR) is 71.4 cm³/mol. The maximum absolute atomic E-state index is 11.4. The van der Waals surface area contributed by atoms with Crippen molar-refractivity contribution in [2.45, 2.75) is 0 Å². The van der Waals surface area contributed by atoms with E-state index in [2.05, 4.69) is 14.7 Å². The lowest BCUT2D eigenvalue weighted by molar-refractivity contribution is 0.0600. The molecular weight excluding hydrogens is 284 g/mol. The molecule has 7 heteroatoms. The van der Waals surface area contributed by atoms with Crippen LogP contribution in [0.5, 0.6) is 17.6 Å². The largest absolute Gasteiger partial charge is 0.481 e. The van der Waals surface area contributed by atoms with E-state index < -0.39 is 5.97 Å². The lowest BCUT2D eigenvalue weighted by Crippen LogP contribution is -2.01. The predicted octanol–water partition coefficient (Wildman–Crippen LogP) is 2.72. The van der Waals surface area contributed by atoms with Crippen molar-refractivity contribution >= 4 is 17.6 Å². The van der Waals surface area contributed by atoms with E-state index >= 15 is 0 Å². The molecule has 0 saturated carbocycles. The number of nitrogens with zero attached hydrogens (tertiary/aromatic N) is 2. The zero-order valence-electron chi connectivity index (χ0n) is 10.8. The summed E-state index contributed by atoms with van der Waals surface area (Å²) in [5.41, 5.74) is 0.360. The molecule has 0 aliphatic rings. The minimum atomic E-state index is -0.458. The Balaban J connectivity index is 2.26. The molecule has 0 N–H and O–H groups in total. The van der Waals surface area contributed by atoms with Crippen LogP contribution < -0.4 is 9.47 Å². The van der Waals surface area contributed by atoms with Crippen molar-refractivity contribution in [3.63, 3.8) is 0 Å². The molecule has 1 aromatic heterocycles. The zero-order chi connectivity index (χ0) is 14.5. The van der Waals surface area contributed by atoms with Gasteiger partial charge in [0.1, 0.15) is 10.9 Å². The van der Waals surface area contributed by atoms with Crippen molar-refractivity contribution < 1.29 is 19.0 Å². The average Bonchev–Trinajstić information content (AvgIpc) is 2.46. The number of esters is 1. The number of ether oxygens (including phenoxy) is 3. The van der Waals surface area contributed by atoms with Crippen molar-refractivity contribution in [1.29, 1.82) is 0 Å². The van der Waals surface area contributed by atoms with E-state index in [1.165, 1.54) is 26.4 Å². The molecule has 0 bridgehead atoms. The summed E-state index contributed by atoms with van der Waals surface area (Å²) < 4.78 is 15.0. The van der Waals surface area contributed by atoms with E-state index in [0.29, 0.717) is 11.3 Å². The molecule has 2 rings (SSSR count). The van der Waals surface area contributed by atoms with Crippen molar-refractivity contribution in [3.8, 4) is 17.6 Å². The minimum absolute atomic E-state index is 0.0244. The van der Waals surface area contributed by atoms with Gasteiger partial charge in [0, 0.05) is 6.07 Å². The summed E-state index contributed by atoms with van der Waals surface area (Å²) in [5.74, 6) is 0.210. The van der Waals surface area contributed by atoms with Gasteiger partial charge in [0.15, 0.2) is 0 Å². The molecule has 0 aliphatic heterocycles. The van der Waals surface area contributed by atoms with Gasteiger partial charge in [-0.3, -0.25) is 0 Å². The molecule has 1 aromatic carbocycles. The maximum atomic E-state index is 11.4. The summed E-state index contributed by atoms with van der Waals surface area (Å²) in [6.45, 7) is 0. The Morgan fingerprint density at radius 3 is 2.70 bits per heavy atom. The lowest BCUT2D eigenvalue weighted by atomic mass is 10.2. The SMILES string of the molecule is COC(=O)c1cccc(Oc2nc(Cl)cc(OC)n2)c1. The van der Waals surface area contributed by atoms with Crippen LogP contribution in [0.1, 0.15) is 10.4 Å². The molecule has 1 heterocycles. The topological polar surface area (TPSA) is 70.5 Å². The summed E-state index contributed by atoms with van der Waals surface area (Å²) in [5, 5.41) is 0.191. The van der Waals surface area contributed by atoms with Crippen LogP contribution in [0, 0.1) is 0 Å². The fourth-order valence-electron chi connectivity index (χ4n) is 1.44. The fourth-order valence-corrected chi connectivity index (χ4v) is 1.60. The third kappa shape index (κ3) is 3.36. The van der Waals surface area contributed by atoms with E-state index in [4.69, 9.17) is 21.1 Å². The summed E-state index contributed by atoms with van der Waals surface area (Å²) in [4.78, 5) is 19.3. The minimum Gasteiger partial charge on any atom is -0.481 e. The monoisotopic (exact) mass is 294 g/mol. The van der Waals surface area contributed by atoms with Crippen LogP contribution in [0.2, 0.25) is 5.15 Å². The Labute approximate surface area is 120 Å². The molecule has 0 saturated heterocycles. The Morgan fingerprint density at radius 1 is 1.20 bits per heavy atom. The number of benzene rings is 1. The summed E-state index contributed by atoms with van der Waals surface area (Å²) in [6, 6.07) is 7.92. The average molecular weight is 295 g/mol. The number of hydrogen-bond donors (Lipinski definition) is 0. The fraction of sp³-hybridized carbons (Fsp3) is 0.154. The Morgan fingerprint density at radius 2 is 2.00 bits per heavy atom. The van der Waals surface area contributed by atoms with Gasteiger partial charge in [-0.2, -0.15) is 9.97 Å². The second-order valence-electron chi connectivity index (χ2n) is 3.64. The second-order valence-corrected chi connectivity index (χ2v) is 4.02. The smallest absolute Gasteiger partial charge is 0.337 e. The van der Waals surface area contributed by atoms with Gasteiger partial charge in [0.05, 0.1) is 19.8 Å². The van der Waals surface area contributed by atoms with Crippen LogP contribution in [-0.4, -0.2) is 30.2 Å². The first kappa shape index (κ1) is 14.1. The molecule has 0 aliphatic carbocycles.